The fourth-order valence-electron chi connectivity index (χ4n) is 2.24. The Balaban J connectivity index is 3.20. The van der Waals surface area contributed by atoms with Gasteiger partial charge in [0.05, 0.1) is 0 Å². The summed E-state index contributed by atoms with van der Waals surface area (Å²) in [6, 6.07) is 0. The van der Waals surface area contributed by atoms with Gasteiger partial charge >= 0.3 is 0 Å². The minimum absolute atomic E-state index is 0.0283. The molecule has 1 saturated heterocycles. The highest BCUT2D eigenvalue weighted by molar-refractivity contribution is 6.41. The third-order valence-corrected chi connectivity index (χ3v) is 3.56. The molecule has 0 atom stereocenters. The summed E-state index contributed by atoms with van der Waals surface area (Å²) in [6.07, 6.45) is 0. The summed E-state index contributed by atoms with van der Waals surface area (Å²) in [7, 11) is 0. The smallest absolute Gasteiger partial charge is 0.205 e. The topological polar surface area (TPSA) is 37.4 Å². The van der Waals surface area contributed by atoms with E-state index in [1.807, 2.05) is 27.7 Å². The van der Waals surface area contributed by atoms with E-state index in [0.717, 1.165) is 0 Å². The van der Waals surface area contributed by atoms with Crippen molar-refractivity contribution in [2.24, 2.45) is 10.8 Å². The molecule has 0 saturated carbocycles. The van der Waals surface area contributed by atoms with Crippen LogP contribution in [0.2, 0.25) is 0 Å². The maximum atomic E-state index is 12.2. The van der Waals surface area contributed by atoms with Gasteiger partial charge in [-0.2, -0.15) is 0 Å². The first-order valence-electron chi connectivity index (χ1n) is 6.22. The normalized spacial score (nSPS) is 25.8. The molecule has 0 bridgehead atoms. The first-order chi connectivity index (χ1) is 7.38. The van der Waals surface area contributed by atoms with E-state index in [9.17, 15) is 9.59 Å². The van der Waals surface area contributed by atoms with Crippen molar-refractivity contribution in [3.63, 3.8) is 0 Å². The fraction of sp³-hybridized carbons (Fsp3) is 0.857. The van der Waals surface area contributed by atoms with Gasteiger partial charge in [0.15, 0.2) is 0 Å². The summed E-state index contributed by atoms with van der Waals surface area (Å²) in [5, 5.41) is 0. The third-order valence-electron chi connectivity index (χ3n) is 3.56. The summed E-state index contributed by atoms with van der Waals surface area (Å²) < 4.78 is 0. The molecule has 0 radical (unpaired) electrons. The molecule has 1 heterocycles. The predicted octanol–water partition coefficient (Wildman–Crippen LogP) is 2.29. The molecule has 0 aromatic heterocycles. The molecule has 0 aliphatic carbocycles. The number of nitrogens with zero attached hydrogens (tertiary/aromatic N) is 1. The SMILES string of the molecule is CC1(C)CN(C(C)(C)C)CC(C)(C)C(=O)C1=O. The van der Waals surface area contributed by atoms with Gasteiger partial charge in [0, 0.05) is 29.5 Å². The number of hydrogen-bond acceptors (Lipinski definition) is 3. The molecular formula is C14H25NO2. The van der Waals surface area contributed by atoms with E-state index in [1.54, 1.807) is 0 Å². The van der Waals surface area contributed by atoms with Crippen LogP contribution < -0.4 is 0 Å². The molecule has 3 heteroatoms. The molecule has 0 aromatic carbocycles. The maximum Gasteiger partial charge on any atom is 0.205 e. The largest absolute Gasteiger partial charge is 0.297 e. The Hall–Kier alpha value is -0.700. The molecule has 0 unspecified atom stereocenters. The molecule has 1 aliphatic heterocycles. The fourth-order valence-corrected chi connectivity index (χ4v) is 2.24. The van der Waals surface area contributed by atoms with E-state index < -0.39 is 10.8 Å². The van der Waals surface area contributed by atoms with Crippen LogP contribution in [0.1, 0.15) is 48.5 Å². The molecule has 0 aromatic rings. The highest BCUT2D eigenvalue weighted by atomic mass is 16.2. The van der Waals surface area contributed by atoms with Crippen molar-refractivity contribution in [1.82, 2.24) is 4.90 Å². The van der Waals surface area contributed by atoms with Crippen molar-refractivity contribution in [2.75, 3.05) is 13.1 Å². The van der Waals surface area contributed by atoms with Crippen LogP contribution in [-0.4, -0.2) is 35.1 Å². The lowest BCUT2D eigenvalue weighted by Crippen LogP contribution is -2.48. The second-order valence-corrected chi connectivity index (χ2v) is 7.45. The van der Waals surface area contributed by atoms with Crippen molar-refractivity contribution in [2.45, 2.75) is 54.0 Å². The van der Waals surface area contributed by atoms with Crippen molar-refractivity contribution in [1.29, 1.82) is 0 Å². The van der Waals surface area contributed by atoms with Crippen LogP contribution in [0.15, 0.2) is 0 Å². The number of ketones is 2. The molecule has 1 rings (SSSR count). The number of Topliss-reactive ketones (excluding diaryl/α,β-unsaturated/α-hetero) is 2. The number of hydrogen-bond donors (Lipinski definition) is 0. The minimum atomic E-state index is -0.585. The van der Waals surface area contributed by atoms with Gasteiger partial charge < -0.3 is 0 Å². The standard InChI is InChI=1S/C14H25NO2/c1-12(2,3)15-8-13(4,5)10(16)11(17)14(6,7)9-15/h8-9H2,1-7H3. The zero-order valence-electron chi connectivity index (χ0n) is 12.2. The van der Waals surface area contributed by atoms with E-state index in [1.165, 1.54) is 0 Å². The molecule has 0 spiro atoms. The molecule has 98 valence electrons. The van der Waals surface area contributed by atoms with Gasteiger partial charge in [-0.05, 0) is 20.8 Å². The summed E-state index contributed by atoms with van der Waals surface area (Å²) in [5.74, 6) is -0.455. The Bertz CT molecular complexity index is 320. The second-order valence-electron chi connectivity index (χ2n) is 7.45. The monoisotopic (exact) mass is 239 g/mol. The Morgan fingerprint density at radius 2 is 1.18 bits per heavy atom. The molecule has 0 N–H and O–H groups in total. The van der Waals surface area contributed by atoms with Gasteiger partial charge in [-0.25, -0.2) is 0 Å². The number of likely N-dealkylation sites (tertiary alicyclic amines) is 1. The molecule has 0 amide bonds. The maximum absolute atomic E-state index is 12.2. The van der Waals surface area contributed by atoms with Crippen molar-refractivity contribution < 1.29 is 9.59 Å². The Morgan fingerprint density at radius 1 is 0.882 bits per heavy atom. The van der Waals surface area contributed by atoms with Gasteiger partial charge in [0.2, 0.25) is 11.6 Å². The summed E-state index contributed by atoms with van der Waals surface area (Å²) in [6.45, 7) is 15.1. The number of rotatable bonds is 0. The van der Waals surface area contributed by atoms with Gasteiger partial charge in [-0.3, -0.25) is 14.5 Å². The van der Waals surface area contributed by atoms with Crippen molar-refractivity contribution in [3.8, 4) is 0 Å². The van der Waals surface area contributed by atoms with Gasteiger partial charge in [-0.15, -0.1) is 0 Å². The Kier molecular flexibility index (Phi) is 3.30. The van der Waals surface area contributed by atoms with Crippen LogP contribution in [0.25, 0.3) is 0 Å². The molecular weight excluding hydrogens is 214 g/mol. The average molecular weight is 239 g/mol. The summed E-state index contributed by atoms with van der Waals surface area (Å²) >= 11 is 0. The zero-order valence-corrected chi connectivity index (χ0v) is 12.2. The van der Waals surface area contributed by atoms with Crippen LogP contribution in [0.3, 0.4) is 0 Å². The second kappa shape index (κ2) is 3.91. The summed E-state index contributed by atoms with van der Waals surface area (Å²) in [4.78, 5) is 26.6. The van der Waals surface area contributed by atoms with Crippen LogP contribution in [-0.2, 0) is 9.59 Å². The van der Waals surface area contributed by atoms with Gasteiger partial charge in [0.1, 0.15) is 0 Å². The highest BCUT2D eigenvalue weighted by Gasteiger charge is 2.47. The van der Waals surface area contributed by atoms with Crippen molar-refractivity contribution >= 4 is 11.6 Å². The van der Waals surface area contributed by atoms with Crippen LogP contribution in [0.4, 0.5) is 0 Å². The first kappa shape index (κ1) is 14.4. The van der Waals surface area contributed by atoms with Crippen LogP contribution in [0.5, 0.6) is 0 Å². The summed E-state index contributed by atoms with van der Waals surface area (Å²) in [5.41, 5.74) is -1.20. The lowest BCUT2D eigenvalue weighted by atomic mass is 9.79. The molecule has 3 nitrogen and oxygen atoms in total. The van der Waals surface area contributed by atoms with E-state index in [-0.39, 0.29) is 17.1 Å². The minimum Gasteiger partial charge on any atom is -0.297 e. The van der Waals surface area contributed by atoms with Crippen LogP contribution in [0, 0.1) is 10.8 Å². The van der Waals surface area contributed by atoms with E-state index in [0.29, 0.717) is 13.1 Å². The lowest BCUT2D eigenvalue weighted by Gasteiger charge is -2.40. The molecule has 1 aliphatic rings. The Morgan fingerprint density at radius 3 is 1.41 bits per heavy atom. The van der Waals surface area contributed by atoms with Gasteiger partial charge in [0.25, 0.3) is 0 Å². The lowest BCUT2D eigenvalue weighted by molar-refractivity contribution is -0.144. The zero-order chi connectivity index (χ0) is 13.6. The quantitative estimate of drug-likeness (QED) is 0.609. The molecule has 17 heavy (non-hydrogen) atoms. The predicted molar refractivity (Wildman–Crippen MR) is 68.9 cm³/mol. The van der Waals surface area contributed by atoms with E-state index in [2.05, 4.69) is 25.7 Å². The third kappa shape index (κ3) is 2.76. The van der Waals surface area contributed by atoms with Crippen molar-refractivity contribution in [3.05, 3.63) is 0 Å². The highest BCUT2D eigenvalue weighted by Crippen LogP contribution is 2.34. The average Bonchev–Trinajstić information content (AvgIpc) is 2.16. The Labute approximate surface area is 105 Å². The number of carbonyl (C=O) groups excluding carboxylic acids is 2. The van der Waals surface area contributed by atoms with E-state index in [4.69, 9.17) is 0 Å². The number of carbonyl (C=O) groups is 2. The van der Waals surface area contributed by atoms with Gasteiger partial charge in [-0.1, -0.05) is 27.7 Å². The van der Waals surface area contributed by atoms with Crippen LogP contribution >= 0.6 is 0 Å². The molecule has 1 fully saturated rings. The van der Waals surface area contributed by atoms with E-state index >= 15 is 0 Å². The first-order valence-corrected chi connectivity index (χ1v) is 6.22.